The number of nitrogen functional groups attached to an aromatic ring is 1. The molecule has 98 valence electrons. The van der Waals surface area contributed by atoms with Crippen molar-refractivity contribution in [1.82, 2.24) is 9.97 Å². The smallest absolute Gasteiger partial charge is 0.222 e. The molecule has 0 atom stereocenters. The maximum Gasteiger partial charge on any atom is 0.222 e. The van der Waals surface area contributed by atoms with Crippen molar-refractivity contribution in [3.8, 4) is 11.3 Å². The van der Waals surface area contributed by atoms with Crippen molar-refractivity contribution in [1.29, 1.82) is 0 Å². The quantitative estimate of drug-likeness (QED) is 0.902. The van der Waals surface area contributed by atoms with Gasteiger partial charge >= 0.3 is 0 Å². The topological polar surface area (TPSA) is 63.8 Å². The molecule has 5 heteroatoms. The van der Waals surface area contributed by atoms with Gasteiger partial charge in [0.05, 0.1) is 5.69 Å². The zero-order valence-corrected chi connectivity index (χ0v) is 11.4. The van der Waals surface area contributed by atoms with E-state index in [0.29, 0.717) is 6.04 Å². The third kappa shape index (κ3) is 2.63. The van der Waals surface area contributed by atoms with Gasteiger partial charge in [0.25, 0.3) is 0 Å². The van der Waals surface area contributed by atoms with Gasteiger partial charge in [-0.3, -0.25) is 0 Å². The fourth-order valence-electron chi connectivity index (χ4n) is 2.00. The maximum atomic E-state index is 6.15. The summed E-state index contributed by atoms with van der Waals surface area (Å²) in [6.45, 7) is 1.98. The molecule has 1 fully saturated rings. The maximum absolute atomic E-state index is 6.15. The predicted octanol–water partition coefficient (Wildman–Crippen LogP) is 3.26. The van der Waals surface area contributed by atoms with Gasteiger partial charge in [-0.1, -0.05) is 23.7 Å². The lowest BCUT2D eigenvalue weighted by atomic mass is 10.1. The SMILES string of the molecule is Cc1c(Cl)cccc1-c1cc(NC2CC2)nc(N)n1. The van der Waals surface area contributed by atoms with Crippen molar-refractivity contribution in [3.05, 3.63) is 34.9 Å². The summed E-state index contributed by atoms with van der Waals surface area (Å²) >= 11 is 6.15. The van der Waals surface area contributed by atoms with E-state index in [0.717, 1.165) is 27.7 Å². The Hall–Kier alpha value is -1.81. The van der Waals surface area contributed by atoms with Crippen LogP contribution in [0, 0.1) is 6.92 Å². The van der Waals surface area contributed by atoms with Gasteiger partial charge in [0.1, 0.15) is 5.82 Å². The summed E-state index contributed by atoms with van der Waals surface area (Å²) in [5.41, 5.74) is 8.57. The van der Waals surface area contributed by atoms with E-state index in [1.807, 2.05) is 31.2 Å². The third-order valence-electron chi connectivity index (χ3n) is 3.22. The van der Waals surface area contributed by atoms with E-state index in [-0.39, 0.29) is 5.95 Å². The van der Waals surface area contributed by atoms with Crippen LogP contribution in [0.5, 0.6) is 0 Å². The average molecular weight is 275 g/mol. The van der Waals surface area contributed by atoms with Gasteiger partial charge in [0.15, 0.2) is 0 Å². The highest BCUT2D eigenvalue weighted by Crippen LogP contribution is 2.30. The number of hydrogen-bond donors (Lipinski definition) is 2. The minimum Gasteiger partial charge on any atom is -0.368 e. The standard InChI is InChI=1S/C14H15ClN4/c1-8-10(3-2-4-11(8)15)12-7-13(17-9-5-6-9)19-14(16)18-12/h2-4,7,9H,5-6H2,1H3,(H3,16,17,18,19). The van der Waals surface area contributed by atoms with Crippen LogP contribution in [0.2, 0.25) is 5.02 Å². The van der Waals surface area contributed by atoms with Crippen LogP contribution in [-0.4, -0.2) is 16.0 Å². The zero-order chi connectivity index (χ0) is 13.4. The van der Waals surface area contributed by atoms with Crippen LogP contribution in [0.4, 0.5) is 11.8 Å². The molecule has 19 heavy (non-hydrogen) atoms. The third-order valence-corrected chi connectivity index (χ3v) is 3.63. The number of anilines is 2. The van der Waals surface area contributed by atoms with E-state index < -0.39 is 0 Å². The molecule has 0 aliphatic heterocycles. The second-order valence-corrected chi connectivity index (χ2v) is 5.23. The molecule has 4 nitrogen and oxygen atoms in total. The van der Waals surface area contributed by atoms with E-state index in [4.69, 9.17) is 17.3 Å². The number of rotatable bonds is 3. The van der Waals surface area contributed by atoms with Crippen LogP contribution in [0.1, 0.15) is 18.4 Å². The minimum absolute atomic E-state index is 0.278. The molecule has 0 saturated heterocycles. The molecule has 0 bridgehead atoms. The molecular weight excluding hydrogens is 260 g/mol. The van der Waals surface area contributed by atoms with Gasteiger partial charge in [-0.2, -0.15) is 4.98 Å². The molecule has 2 aromatic rings. The lowest BCUT2D eigenvalue weighted by Gasteiger charge is -2.10. The molecule has 0 radical (unpaired) electrons. The van der Waals surface area contributed by atoms with Crippen molar-refractivity contribution >= 4 is 23.4 Å². The van der Waals surface area contributed by atoms with E-state index in [2.05, 4.69) is 15.3 Å². The molecule has 1 aromatic carbocycles. The Bertz CT molecular complexity index is 623. The second-order valence-electron chi connectivity index (χ2n) is 4.83. The summed E-state index contributed by atoms with van der Waals surface area (Å²) in [4.78, 5) is 8.52. The Kier molecular flexibility index (Phi) is 3.03. The summed E-state index contributed by atoms with van der Waals surface area (Å²) in [6.07, 6.45) is 2.38. The average Bonchev–Trinajstić information content (AvgIpc) is 3.16. The number of nitrogens with two attached hydrogens (primary N) is 1. The summed E-state index contributed by atoms with van der Waals surface area (Å²) < 4.78 is 0. The van der Waals surface area contributed by atoms with Gasteiger partial charge in [-0.15, -0.1) is 0 Å². The van der Waals surface area contributed by atoms with Crippen LogP contribution in [-0.2, 0) is 0 Å². The van der Waals surface area contributed by atoms with Crippen LogP contribution < -0.4 is 11.1 Å². The Labute approximate surface area is 117 Å². The number of nitrogens with zero attached hydrogens (tertiary/aromatic N) is 2. The highest BCUT2D eigenvalue weighted by Gasteiger charge is 2.22. The second kappa shape index (κ2) is 4.70. The first kappa shape index (κ1) is 12.2. The lowest BCUT2D eigenvalue weighted by molar-refractivity contribution is 1.09. The van der Waals surface area contributed by atoms with Gasteiger partial charge < -0.3 is 11.1 Å². The van der Waals surface area contributed by atoms with Crippen molar-refractivity contribution in [2.75, 3.05) is 11.1 Å². The van der Waals surface area contributed by atoms with E-state index in [9.17, 15) is 0 Å². The highest BCUT2D eigenvalue weighted by molar-refractivity contribution is 6.31. The van der Waals surface area contributed by atoms with Gasteiger partial charge in [0, 0.05) is 22.7 Å². The molecule has 3 rings (SSSR count). The highest BCUT2D eigenvalue weighted by atomic mass is 35.5. The van der Waals surface area contributed by atoms with E-state index in [1.54, 1.807) is 0 Å². The molecule has 3 N–H and O–H groups in total. The molecule has 0 spiro atoms. The summed E-state index contributed by atoms with van der Waals surface area (Å²) in [6, 6.07) is 8.23. The number of benzene rings is 1. The number of hydrogen-bond acceptors (Lipinski definition) is 4. The van der Waals surface area contributed by atoms with Gasteiger partial charge in [-0.05, 0) is 31.4 Å². The minimum atomic E-state index is 0.278. The van der Waals surface area contributed by atoms with Crippen molar-refractivity contribution < 1.29 is 0 Å². The number of halogens is 1. The van der Waals surface area contributed by atoms with Gasteiger partial charge in [0.2, 0.25) is 5.95 Å². The molecular formula is C14H15ClN4. The summed E-state index contributed by atoms with van der Waals surface area (Å²) in [7, 11) is 0. The van der Waals surface area contributed by atoms with Crippen LogP contribution in [0.15, 0.2) is 24.3 Å². The van der Waals surface area contributed by atoms with E-state index in [1.165, 1.54) is 12.8 Å². The summed E-state index contributed by atoms with van der Waals surface area (Å²) in [5.74, 6) is 1.06. The Morgan fingerprint density at radius 2 is 2.11 bits per heavy atom. The van der Waals surface area contributed by atoms with Gasteiger partial charge in [-0.25, -0.2) is 4.98 Å². The van der Waals surface area contributed by atoms with Crippen LogP contribution in [0.3, 0.4) is 0 Å². The largest absolute Gasteiger partial charge is 0.368 e. The first-order valence-corrected chi connectivity index (χ1v) is 6.68. The fraction of sp³-hybridized carbons (Fsp3) is 0.286. The Morgan fingerprint density at radius 3 is 2.84 bits per heavy atom. The van der Waals surface area contributed by atoms with E-state index >= 15 is 0 Å². The van der Waals surface area contributed by atoms with Crippen molar-refractivity contribution in [2.24, 2.45) is 0 Å². The summed E-state index contributed by atoms with van der Waals surface area (Å²) in [5, 5.41) is 4.06. The molecule has 0 unspecified atom stereocenters. The number of aromatic nitrogens is 2. The van der Waals surface area contributed by atoms with Crippen molar-refractivity contribution in [2.45, 2.75) is 25.8 Å². The molecule has 1 aliphatic rings. The first-order chi connectivity index (χ1) is 9.13. The Balaban J connectivity index is 2.03. The zero-order valence-electron chi connectivity index (χ0n) is 10.7. The Morgan fingerprint density at radius 1 is 1.32 bits per heavy atom. The lowest BCUT2D eigenvalue weighted by Crippen LogP contribution is -2.06. The number of nitrogens with one attached hydrogen (secondary N) is 1. The van der Waals surface area contributed by atoms with Crippen LogP contribution in [0.25, 0.3) is 11.3 Å². The van der Waals surface area contributed by atoms with Crippen molar-refractivity contribution in [3.63, 3.8) is 0 Å². The monoisotopic (exact) mass is 274 g/mol. The predicted molar refractivity (Wildman–Crippen MR) is 78.3 cm³/mol. The normalized spacial score (nSPS) is 14.4. The molecule has 1 heterocycles. The molecule has 1 saturated carbocycles. The molecule has 1 aromatic heterocycles. The first-order valence-electron chi connectivity index (χ1n) is 6.30. The fourth-order valence-corrected chi connectivity index (χ4v) is 2.17. The van der Waals surface area contributed by atoms with Crippen LogP contribution >= 0.6 is 11.6 Å². The molecule has 0 amide bonds. The molecule has 1 aliphatic carbocycles.